The third kappa shape index (κ3) is 2.93. The minimum absolute atomic E-state index is 0.0398. The van der Waals surface area contributed by atoms with Gasteiger partial charge in [-0.05, 0) is 37.2 Å². The van der Waals surface area contributed by atoms with Crippen LogP contribution in [0.5, 0.6) is 5.75 Å². The van der Waals surface area contributed by atoms with Crippen molar-refractivity contribution in [1.29, 1.82) is 0 Å². The first-order valence-corrected chi connectivity index (χ1v) is 8.47. The van der Waals surface area contributed by atoms with Crippen molar-refractivity contribution in [2.24, 2.45) is 0 Å². The fourth-order valence-corrected chi connectivity index (χ4v) is 3.00. The van der Waals surface area contributed by atoms with Crippen LogP contribution >= 0.6 is 11.6 Å². The largest absolute Gasteiger partial charge is 0.491 e. The quantitative estimate of drug-likeness (QED) is 0.491. The van der Waals surface area contributed by atoms with Crippen molar-refractivity contribution in [2.75, 3.05) is 0 Å². The molecule has 7 heteroatoms. The van der Waals surface area contributed by atoms with Crippen molar-refractivity contribution in [2.45, 2.75) is 20.0 Å². The van der Waals surface area contributed by atoms with Crippen LogP contribution in [0.2, 0.25) is 5.02 Å². The van der Waals surface area contributed by atoms with Crippen molar-refractivity contribution in [1.82, 2.24) is 14.7 Å². The number of hydrogen-bond acceptors (Lipinski definition) is 4. The fraction of sp³-hybridized carbons (Fsp3) is 0.158. The van der Waals surface area contributed by atoms with Gasteiger partial charge in [-0.25, -0.2) is 4.39 Å². The zero-order chi connectivity index (χ0) is 18.3. The molecule has 0 saturated heterocycles. The molecule has 2 aromatic heterocycles. The highest BCUT2D eigenvalue weighted by Gasteiger charge is 2.17. The standard InChI is InChI=1S/C19H15ClFN3O2/c1-11(2)25-12-7-8-14(16(21)9-12)18-22-19(23-26-18)24-10-15(20)13-5-3-4-6-17(13)24/h3-11H,1-2H3. The minimum atomic E-state index is -0.492. The molecular weight excluding hydrogens is 357 g/mol. The number of fused-ring (bicyclic) bond motifs is 1. The van der Waals surface area contributed by atoms with Crippen molar-refractivity contribution >= 4 is 22.5 Å². The Morgan fingerprint density at radius 3 is 2.77 bits per heavy atom. The van der Waals surface area contributed by atoms with Gasteiger partial charge in [0, 0.05) is 17.6 Å². The lowest BCUT2D eigenvalue weighted by molar-refractivity contribution is 0.241. The molecule has 0 atom stereocenters. The Kier molecular flexibility index (Phi) is 4.12. The van der Waals surface area contributed by atoms with E-state index < -0.39 is 5.82 Å². The van der Waals surface area contributed by atoms with Gasteiger partial charge in [-0.1, -0.05) is 29.8 Å². The summed E-state index contributed by atoms with van der Waals surface area (Å²) in [6.45, 7) is 3.76. The number of benzene rings is 2. The monoisotopic (exact) mass is 371 g/mol. The van der Waals surface area contributed by atoms with Crippen molar-refractivity contribution < 1.29 is 13.7 Å². The predicted molar refractivity (Wildman–Crippen MR) is 97.3 cm³/mol. The maximum Gasteiger partial charge on any atom is 0.275 e. The first-order chi connectivity index (χ1) is 12.5. The summed E-state index contributed by atoms with van der Waals surface area (Å²) in [6, 6.07) is 12.1. The van der Waals surface area contributed by atoms with E-state index in [1.165, 1.54) is 6.07 Å². The molecule has 4 aromatic rings. The number of hydrogen-bond donors (Lipinski definition) is 0. The number of nitrogens with zero attached hydrogens (tertiary/aromatic N) is 3. The van der Waals surface area contributed by atoms with Crippen LogP contribution in [-0.4, -0.2) is 20.8 Å². The second-order valence-electron chi connectivity index (χ2n) is 6.07. The molecule has 0 spiro atoms. The van der Waals surface area contributed by atoms with Gasteiger partial charge in [-0.2, -0.15) is 4.98 Å². The van der Waals surface area contributed by atoms with E-state index in [9.17, 15) is 4.39 Å². The minimum Gasteiger partial charge on any atom is -0.491 e. The third-order valence-electron chi connectivity index (χ3n) is 3.84. The van der Waals surface area contributed by atoms with E-state index in [1.807, 2.05) is 38.1 Å². The molecule has 0 radical (unpaired) electrons. The lowest BCUT2D eigenvalue weighted by Crippen LogP contribution is -2.05. The molecule has 0 saturated carbocycles. The van der Waals surface area contributed by atoms with Crippen LogP contribution in [0.3, 0.4) is 0 Å². The molecule has 0 aliphatic heterocycles. The van der Waals surface area contributed by atoms with Gasteiger partial charge in [-0.3, -0.25) is 4.57 Å². The van der Waals surface area contributed by atoms with Crippen LogP contribution in [-0.2, 0) is 0 Å². The Bertz CT molecular complexity index is 1090. The SMILES string of the molecule is CC(C)Oc1ccc(-c2nc(-n3cc(Cl)c4ccccc43)no2)c(F)c1. The molecule has 0 unspecified atom stereocenters. The van der Waals surface area contributed by atoms with E-state index in [4.69, 9.17) is 20.9 Å². The number of aromatic nitrogens is 3. The average Bonchev–Trinajstić information content (AvgIpc) is 3.20. The zero-order valence-corrected chi connectivity index (χ0v) is 14.9. The van der Waals surface area contributed by atoms with Gasteiger partial charge in [-0.15, -0.1) is 0 Å². The van der Waals surface area contributed by atoms with Crippen LogP contribution in [0.4, 0.5) is 4.39 Å². The summed E-state index contributed by atoms with van der Waals surface area (Å²) >= 11 is 6.25. The smallest absolute Gasteiger partial charge is 0.275 e. The third-order valence-corrected chi connectivity index (χ3v) is 4.14. The van der Waals surface area contributed by atoms with E-state index in [-0.39, 0.29) is 23.5 Å². The molecule has 0 fully saturated rings. The van der Waals surface area contributed by atoms with Crippen molar-refractivity contribution in [3.8, 4) is 23.2 Å². The highest BCUT2D eigenvalue weighted by Crippen LogP contribution is 2.29. The van der Waals surface area contributed by atoms with Crippen molar-refractivity contribution in [3.63, 3.8) is 0 Å². The van der Waals surface area contributed by atoms with Gasteiger partial charge in [0.15, 0.2) is 0 Å². The fourth-order valence-electron chi connectivity index (χ4n) is 2.74. The van der Waals surface area contributed by atoms with Crippen LogP contribution in [0.25, 0.3) is 28.3 Å². The normalized spacial score (nSPS) is 11.4. The molecule has 2 heterocycles. The van der Waals surface area contributed by atoms with E-state index in [0.29, 0.717) is 10.8 Å². The van der Waals surface area contributed by atoms with Gasteiger partial charge in [0.1, 0.15) is 11.6 Å². The summed E-state index contributed by atoms with van der Waals surface area (Å²) in [5.74, 6) is 0.324. The topological polar surface area (TPSA) is 53.1 Å². The number of para-hydroxylation sites is 1. The molecule has 0 bridgehead atoms. The zero-order valence-electron chi connectivity index (χ0n) is 14.1. The Hall–Kier alpha value is -2.86. The summed E-state index contributed by atoms with van der Waals surface area (Å²) < 4.78 is 26.9. The highest BCUT2D eigenvalue weighted by atomic mass is 35.5. The van der Waals surface area contributed by atoms with Crippen LogP contribution in [0.1, 0.15) is 13.8 Å². The van der Waals surface area contributed by atoms with Gasteiger partial charge >= 0.3 is 0 Å². The first-order valence-electron chi connectivity index (χ1n) is 8.09. The molecule has 5 nitrogen and oxygen atoms in total. The maximum absolute atomic E-state index is 14.4. The molecule has 0 aliphatic carbocycles. The van der Waals surface area contributed by atoms with E-state index in [2.05, 4.69) is 10.1 Å². The second kappa shape index (κ2) is 6.46. The molecular formula is C19H15ClFN3O2. The number of ether oxygens (including phenoxy) is 1. The van der Waals surface area contributed by atoms with Gasteiger partial charge in [0.25, 0.3) is 11.8 Å². The maximum atomic E-state index is 14.4. The molecule has 26 heavy (non-hydrogen) atoms. The Labute approximate surface area is 154 Å². The lowest BCUT2D eigenvalue weighted by atomic mass is 10.2. The average molecular weight is 372 g/mol. The molecule has 0 N–H and O–H groups in total. The highest BCUT2D eigenvalue weighted by molar-refractivity contribution is 6.35. The van der Waals surface area contributed by atoms with Crippen LogP contribution in [0.15, 0.2) is 53.2 Å². The molecule has 4 rings (SSSR count). The Morgan fingerprint density at radius 2 is 2.00 bits per heavy atom. The summed E-state index contributed by atoms with van der Waals surface area (Å²) in [7, 11) is 0. The Morgan fingerprint density at radius 1 is 1.19 bits per heavy atom. The van der Waals surface area contributed by atoms with E-state index in [1.54, 1.807) is 22.9 Å². The molecule has 2 aromatic carbocycles. The van der Waals surface area contributed by atoms with Crippen LogP contribution in [0, 0.1) is 5.82 Å². The number of halogens is 2. The summed E-state index contributed by atoms with van der Waals surface area (Å²) in [4.78, 5) is 4.31. The van der Waals surface area contributed by atoms with Gasteiger partial charge in [0.2, 0.25) is 0 Å². The van der Waals surface area contributed by atoms with Gasteiger partial charge in [0.05, 0.1) is 22.2 Å². The van der Waals surface area contributed by atoms with Crippen LogP contribution < -0.4 is 4.74 Å². The van der Waals surface area contributed by atoms with E-state index in [0.717, 1.165) is 10.9 Å². The predicted octanol–water partition coefficient (Wildman–Crippen LogP) is 5.26. The van der Waals surface area contributed by atoms with Crippen molar-refractivity contribution in [3.05, 3.63) is 59.5 Å². The Balaban J connectivity index is 1.72. The lowest BCUT2D eigenvalue weighted by Gasteiger charge is -2.09. The second-order valence-corrected chi connectivity index (χ2v) is 6.48. The number of rotatable bonds is 4. The molecule has 132 valence electrons. The summed E-state index contributed by atoms with van der Waals surface area (Å²) in [5.41, 5.74) is 1.05. The first kappa shape index (κ1) is 16.6. The van der Waals surface area contributed by atoms with Gasteiger partial charge < -0.3 is 9.26 Å². The summed E-state index contributed by atoms with van der Waals surface area (Å²) in [6.07, 6.45) is 1.67. The van der Waals surface area contributed by atoms with E-state index >= 15 is 0 Å². The summed E-state index contributed by atoms with van der Waals surface area (Å²) in [5, 5.41) is 5.41. The molecule has 0 aliphatic rings. The molecule has 0 amide bonds.